The van der Waals surface area contributed by atoms with E-state index in [2.05, 4.69) is 20.5 Å². The minimum atomic E-state index is -0.319. The van der Waals surface area contributed by atoms with E-state index >= 15 is 0 Å². The van der Waals surface area contributed by atoms with Gasteiger partial charge in [-0.3, -0.25) is 10.1 Å². The number of hydrogen-bond donors (Lipinski definition) is 1. The zero-order chi connectivity index (χ0) is 14.1. The van der Waals surface area contributed by atoms with Gasteiger partial charge in [-0.05, 0) is 19.8 Å². The molecule has 2 aromatic rings. The number of aromatic nitrogens is 3. The third-order valence-corrected chi connectivity index (χ3v) is 4.86. The van der Waals surface area contributed by atoms with Crippen LogP contribution in [0.5, 0.6) is 0 Å². The van der Waals surface area contributed by atoms with Crippen LogP contribution in [-0.4, -0.2) is 27.7 Å². The number of nitrogens with one attached hydrogen (secondary N) is 1. The second kappa shape index (κ2) is 5.72. The van der Waals surface area contributed by atoms with E-state index < -0.39 is 0 Å². The van der Waals surface area contributed by atoms with Gasteiger partial charge in [0, 0.05) is 11.5 Å². The maximum absolute atomic E-state index is 12.1. The maximum atomic E-state index is 12.1. The topological polar surface area (TPSA) is 77.0 Å². The van der Waals surface area contributed by atoms with Gasteiger partial charge >= 0.3 is 0 Å². The number of ether oxygens (including phenoxy) is 1. The number of halogens is 1. The molecule has 9 heteroatoms. The van der Waals surface area contributed by atoms with E-state index in [-0.39, 0.29) is 12.0 Å². The Kier molecular flexibility index (Phi) is 3.97. The first-order chi connectivity index (χ1) is 9.63. The average molecular weight is 331 g/mol. The molecule has 0 spiro atoms. The number of carbonyl (C=O) groups excluding carboxylic acids is 1. The molecule has 1 saturated heterocycles. The van der Waals surface area contributed by atoms with Gasteiger partial charge in [-0.1, -0.05) is 22.9 Å². The highest BCUT2D eigenvalue weighted by atomic mass is 35.5. The number of aryl methyl sites for hydroxylation is 1. The van der Waals surface area contributed by atoms with Gasteiger partial charge in [0.2, 0.25) is 5.13 Å². The minimum absolute atomic E-state index is 0.00797. The molecule has 1 unspecified atom stereocenters. The molecular formula is C11H11ClN4O2S2. The second-order valence-electron chi connectivity index (χ2n) is 4.27. The molecule has 0 saturated carbocycles. The smallest absolute Gasteiger partial charge is 0.277 e. The van der Waals surface area contributed by atoms with E-state index in [1.807, 2.05) is 0 Å². The number of anilines is 1. The lowest BCUT2D eigenvalue weighted by molar-refractivity contribution is 0.102. The first kappa shape index (κ1) is 13.9. The number of carbonyl (C=O) groups is 1. The van der Waals surface area contributed by atoms with Crippen LogP contribution in [0.1, 0.15) is 39.3 Å². The molecule has 1 aliphatic heterocycles. The summed E-state index contributed by atoms with van der Waals surface area (Å²) < 4.78 is 5.88. The van der Waals surface area contributed by atoms with Crippen molar-refractivity contribution in [3.63, 3.8) is 0 Å². The third-order valence-electron chi connectivity index (χ3n) is 2.85. The highest BCUT2D eigenvalue weighted by molar-refractivity contribution is 7.16. The lowest BCUT2D eigenvalue weighted by Crippen LogP contribution is -2.13. The van der Waals surface area contributed by atoms with Crippen molar-refractivity contribution in [1.82, 2.24) is 15.2 Å². The summed E-state index contributed by atoms with van der Waals surface area (Å²) in [4.78, 5) is 16.8. The van der Waals surface area contributed by atoms with E-state index in [1.165, 1.54) is 22.7 Å². The Morgan fingerprint density at radius 1 is 1.45 bits per heavy atom. The van der Waals surface area contributed by atoms with Crippen molar-refractivity contribution in [1.29, 1.82) is 0 Å². The molecule has 106 valence electrons. The largest absolute Gasteiger partial charge is 0.371 e. The molecule has 1 N–H and O–H groups in total. The number of hydrogen-bond acceptors (Lipinski definition) is 7. The number of nitrogens with zero attached hydrogens (tertiary/aromatic N) is 3. The zero-order valence-electron chi connectivity index (χ0n) is 10.6. The summed E-state index contributed by atoms with van der Waals surface area (Å²) in [5, 5.41) is 12.0. The summed E-state index contributed by atoms with van der Waals surface area (Å²) in [6.45, 7) is 2.55. The van der Waals surface area contributed by atoms with Crippen molar-refractivity contribution in [3.05, 3.63) is 20.0 Å². The molecule has 1 atom stereocenters. The molecule has 6 nitrogen and oxygen atoms in total. The normalized spacial score (nSPS) is 18.4. The molecule has 0 aliphatic carbocycles. The average Bonchev–Trinajstić information content (AvgIpc) is 3.09. The first-order valence-electron chi connectivity index (χ1n) is 6.03. The fourth-order valence-corrected chi connectivity index (χ4v) is 3.80. The summed E-state index contributed by atoms with van der Waals surface area (Å²) in [5.74, 6) is -0.319. The molecule has 1 amide bonds. The number of rotatable bonds is 3. The summed E-state index contributed by atoms with van der Waals surface area (Å²) >= 11 is 8.39. The van der Waals surface area contributed by atoms with E-state index in [1.54, 1.807) is 6.92 Å². The first-order valence-corrected chi connectivity index (χ1v) is 8.04. The van der Waals surface area contributed by atoms with Crippen molar-refractivity contribution >= 4 is 45.3 Å². The van der Waals surface area contributed by atoms with Crippen LogP contribution >= 0.6 is 34.3 Å². The van der Waals surface area contributed by atoms with Gasteiger partial charge in [-0.25, -0.2) is 4.98 Å². The monoisotopic (exact) mass is 330 g/mol. The predicted octanol–water partition coefficient (Wildman–Crippen LogP) is 3.06. The third kappa shape index (κ3) is 2.83. The van der Waals surface area contributed by atoms with Crippen molar-refractivity contribution in [2.75, 3.05) is 11.9 Å². The summed E-state index contributed by atoms with van der Waals surface area (Å²) in [6.07, 6.45) is 1.99. The Morgan fingerprint density at radius 2 is 2.30 bits per heavy atom. The molecular weight excluding hydrogens is 320 g/mol. The van der Waals surface area contributed by atoms with Crippen LogP contribution in [-0.2, 0) is 4.74 Å². The molecule has 0 bridgehead atoms. The summed E-state index contributed by atoms with van der Waals surface area (Å²) in [7, 11) is 0. The Hall–Kier alpha value is -1.09. The predicted molar refractivity (Wildman–Crippen MR) is 77.7 cm³/mol. The fraction of sp³-hybridized carbons (Fsp3) is 0.455. The van der Waals surface area contributed by atoms with Crippen molar-refractivity contribution in [2.45, 2.75) is 25.9 Å². The fourth-order valence-electron chi connectivity index (χ4n) is 1.92. The van der Waals surface area contributed by atoms with E-state index in [9.17, 15) is 4.79 Å². The molecule has 0 aromatic carbocycles. The lowest BCUT2D eigenvalue weighted by atomic mass is 10.2. The van der Waals surface area contributed by atoms with Crippen molar-refractivity contribution < 1.29 is 9.53 Å². The molecule has 3 rings (SSSR count). The van der Waals surface area contributed by atoms with Gasteiger partial charge in [0.05, 0.1) is 0 Å². The molecule has 1 aliphatic rings. The van der Waals surface area contributed by atoms with Crippen LogP contribution in [0.3, 0.4) is 0 Å². The molecule has 0 radical (unpaired) electrons. The van der Waals surface area contributed by atoms with Gasteiger partial charge in [0.1, 0.15) is 16.8 Å². The van der Waals surface area contributed by atoms with Crippen molar-refractivity contribution in [3.8, 4) is 0 Å². The summed E-state index contributed by atoms with van der Waals surface area (Å²) in [6, 6.07) is 0. The Labute approximate surface area is 128 Å². The highest BCUT2D eigenvalue weighted by Crippen LogP contribution is 2.32. The quantitative estimate of drug-likeness (QED) is 0.935. The molecule has 20 heavy (non-hydrogen) atoms. The van der Waals surface area contributed by atoms with Gasteiger partial charge in [0.25, 0.3) is 5.91 Å². The van der Waals surface area contributed by atoms with E-state index in [0.29, 0.717) is 15.3 Å². The lowest BCUT2D eigenvalue weighted by Gasteiger charge is -2.02. The Morgan fingerprint density at radius 3 is 2.95 bits per heavy atom. The molecule has 1 fully saturated rings. The SMILES string of the molecule is Cc1sc(Cl)nc1C(=O)Nc1nnc(C2CCCO2)s1. The van der Waals surface area contributed by atoms with Gasteiger partial charge in [-0.15, -0.1) is 21.5 Å². The van der Waals surface area contributed by atoms with E-state index in [4.69, 9.17) is 16.3 Å². The van der Waals surface area contributed by atoms with Crippen LogP contribution in [0.4, 0.5) is 5.13 Å². The van der Waals surface area contributed by atoms with Gasteiger partial charge < -0.3 is 4.74 Å². The second-order valence-corrected chi connectivity index (χ2v) is 7.07. The maximum Gasteiger partial charge on any atom is 0.277 e. The number of amides is 1. The van der Waals surface area contributed by atoms with Gasteiger partial charge in [-0.2, -0.15) is 0 Å². The van der Waals surface area contributed by atoms with Gasteiger partial charge in [0.15, 0.2) is 4.47 Å². The standard InChI is InChI=1S/C11H11ClN4O2S2/c1-5-7(13-10(12)19-5)8(17)14-11-16-15-9(20-11)6-3-2-4-18-6/h6H,2-4H2,1H3,(H,14,16,17). The van der Waals surface area contributed by atoms with Crippen LogP contribution in [0.15, 0.2) is 0 Å². The van der Waals surface area contributed by atoms with E-state index in [0.717, 1.165) is 29.3 Å². The van der Waals surface area contributed by atoms with Crippen LogP contribution in [0.25, 0.3) is 0 Å². The molecule has 3 heterocycles. The van der Waals surface area contributed by atoms with Crippen molar-refractivity contribution in [2.24, 2.45) is 0 Å². The molecule has 2 aromatic heterocycles. The zero-order valence-corrected chi connectivity index (χ0v) is 12.9. The van der Waals surface area contributed by atoms with Crippen LogP contribution in [0, 0.1) is 6.92 Å². The minimum Gasteiger partial charge on any atom is -0.371 e. The summed E-state index contributed by atoms with van der Waals surface area (Å²) in [5.41, 5.74) is 0.328. The van der Waals surface area contributed by atoms with Crippen LogP contribution < -0.4 is 5.32 Å². The number of thiazole rings is 1. The Balaban J connectivity index is 1.71. The van der Waals surface area contributed by atoms with Crippen LogP contribution in [0.2, 0.25) is 4.47 Å². The Bertz CT molecular complexity index is 636. The highest BCUT2D eigenvalue weighted by Gasteiger charge is 2.23.